The maximum atomic E-state index is 11.5. The van der Waals surface area contributed by atoms with Crippen LogP contribution in [-0.4, -0.2) is 53.0 Å². The second-order valence-corrected chi connectivity index (χ2v) is 6.69. The number of ether oxygens (including phenoxy) is 2. The highest BCUT2D eigenvalue weighted by Crippen LogP contribution is 2.21. The van der Waals surface area contributed by atoms with E-state index < -0.39 is 23.7 Å². The molecule has 6 nitrogen and oxygen atoms in total. The van der Waals surface area contributed by atoms with Gasteiger partial charge in [0, 0.05) is 17.6 Å². The molecule has 1 heterocycles. The number of thioether (sulfide) groups is 1. The van der Waals surface area contributed by atoms with Gasteiger partial charge in [-0.05, 0) is 27.2 Å². The lowest BCUT2D eigenvalue weighted by molar-refractivity contribution is -0.138. The maximum absolute atomic E-state index is 11.5. The molecular formula is C12H21NO5S. The summed E-state index contributed by atoms with van der Waals surface area (Å²) in [6.45, 7) is 6.55. The Kier molecular flexibility index (Phi) is 5.93. The molecule has 1 amide bonds. The molecule has 0 aromatic rings. The van der Waals surface area contributed by atoms with E-state index in [1.807, 2.05) is 0 Å². The van der Waals surface area contributed by atoms with Gasteiger partial charge in [0.2, 0.25) is 0 Å². The van der Waals surface area contributed by atoms with Gasteiger partial charge in [0.1, 0.15) is 11.6 Å². The standard InChI is InChI=1S/C12H21NO5S/c1-12(2,3)18-11(16)13-9(10(14)15)7-19-8-4-5-17-6-8/h8-9H,4-7H2,1-3H3,(H,13,16)(H,14,15). The molecule has 0 saturated carbocycles. The molecule has 0 bridgehead atoms. The van der Waals surface area contributed by atoms with Crippen LogP contribution in [0, 0.1) is 0 Å². The summed E-state index contributed by atoms with van der Waals surface area (Å²) in [7, 11) is 0. The van der Waals surface area contributed by atoms with Crippen LogP contribution < -0.4 is 5.32 Å². The Bertz CT molecular complexity index is 323. The van der Waals surface area contributed by atoms with Gasteiger partial charge < -0.3 is 19.9 Å². The molecule has 0 aromatic heterocycles. The smallest absolute Gasteiger partial charge is 0.408 e. The fourth-order valence-electron chi connectivity index (χ4n) is 1.50. The van der Waals surface area contributed by atoms with Crippen LogP contribution in [0.2, 0.25) is 0 Å². The number of carbonyl (C=O) groups excluding carboxylic acids is 1. The predicted octanol–water partition coefficient (Wildman–Crippen LogP) is 1.49. The molecule has 2 N–H and O–H groups in total. The van der Waals surface area contributed by atoms with Gasteiger partial charge in [0.05, 0.1) is 6.61 Å². The van der Waals surface area contributed by atoms with Gasteiger partial charge in [-0.25, -0.2) is 9.59 Å². The third-order valence-electron chi connectivity index (χ3n) is 2.38. The van der Waals surface area contributed by atoms with Crippen molar-refractivity contribution in [2.45, 2.75) is 44.1 Å². The van der Waals surface area contributed by atoms with Crippen LogP contribution >= 0.6 is 11.8 Å². The minimum atomic E-state index is -1.06. The van der Waals surface area contributed by atoms with Crippen LogP contribution in [0.15, 0.2) is 0 Å². The molecule has 1 fully saturated rings. The Morgan fingerprint density at radius 1 is 1.53 bits per heavy atom. The molecule has 0 spiro atoms. The molecule has 19 heavy (non-hydrogen) atoms. The summed E-state index contributed by atoms with van der Waals surface area (Å²) in [5.74, 6) is -0.750. The number of aliphatic carboxylic acids is 1. The number of amides is 1. The summed E-state index contributed by atoms with van der Waals surface area (Å²) in [4.78, 5) is 22.6. The van der Waals surface area contributed by atoms with E-state index in [-0.39, 0.29) is 0 Å². The van der Waals surface area contributed by atoms with Crippen LogP contribution in [0.5, 0.6) is 0 Å². The Morgan fingerprint density at radius 2 is 2.21 bits per heavy atom. The van der Waals surface area contributed by atoms with E-state index in [1.54, 1.807) is 20.8 Å². The summed E-state index contributed by atoms with van der Waals surface area (Å²) < 4.78 is 10.3. The van der Waals surface area contributed by atoms with Gasteiger partial charge in [0.25, 0.3) is 0 Å². The highest BCUT2D eigenvalue weighted by atomic mass is 32.2. The fourth-order valence-corrected chi connectivity index (χ4v) is 2.65. The van der Waals surface area contributed by atoms with Crippen LogP contribution in [0.4, 0.5) is 4.79 Å². The van der Waals surface area contributed by atoms with Crippen molar-refractivity contribution in [3.05, 3.63) is 0 Å². The predicted molar refractivity (Wildman–Crippen MR) is 72.5 cm³/mol. The zero-order chi connectivity index (χ0) is 14.5. The monoisotopic (exact) mass is 291 g/mol. The molecule has 0 radical (unpaired) electrons. The number of hydrogen-bond donors (Lipinski definition) is 2. The zero-order valence-electron chi connectivity index (χ0n) is 11.5. The Labute approximate surface area is 117 Å². The summed E-state index contributed by atoms with van der Waals surface area (Å²) in [5, 5.41) is 11.8. The minimum absolute atomic E-state index is 0.308. The number of carboxylic acid groups (broad SMARTS) is 1. The van der Waals surface area contributed by atoms with Crippen molar-refractivity contribution in [1.29, 1.82) is 0 Å². The average Bonchev–Trinajstić information content (AvgIpc) is 2.73. The molecule has 110 valence electrons. The highest BCUT2D eigenvalue weighted by molar-refractivity contribution is 8.00. The number of nitrogens with one attached hydrogen (secondary N) is 1. The van der Waals surface area contributed by atoms with Gasteiger partial charge in [-0.15, -0.1) is 0 Å². The van der Waals surface area contributed by atoms with Crippen LogP contribution in [0.3, 0.4) is 0 Å². The van der Waals surface area contributed by atoms with Crippen LogP contribution in [-0.2, 0) is 14.3 Å². The largest absolute Gasteiger partial charge is 0.480 e. The highest BCUT2D eigenvalue weighted by Gasteiger charge is 2.26. The van der Waals surface area contributed by atoms with Gasteiger partial charge in [0.15, 0.2) is 0 Å². The summed E-state index contributed by atoms with van der Waals surface area (Å²) in [6, 6.07) is -0.944. The first-order valence-corrected chi connectivity index (χ1v) is 7.24. The average molecular weight is 291 g/mol. The van der Waals surface area contributed by atoms with Gasteiger partial charge in [-0.1, -0.05) is 0 Å². The van der Waals surface area contributed by atoms with E-state index in [2.05, 4.69) is 5.32 Å². The van der Waals surface area contributed by atoms with E-state index in [4.69, 9.17) is 14.6 Å². The maximum Gasteiger partial charge on any atom is 0.408 e. The molecule has 2 unspecified atom stereocenters. The molecular weight excluding hydrogens is 270 g/mol. The van der Waals surface area contributed by atoms with Crippen LogP contribution in [0.25, 0.3) is 0 Å². The summed E-state index contributed by atoms with van der Waals surface area (Å²) in [6.07, 6.45) is 0.215. The number of rotatable bonds is 5. The number of carbonyl (C=O) groups is 2. The molecule has 0 aliphatic carbocycles. The van der Waals surface area contributed by atoms with E-state index in [0.717, 1.165) is 13.0 Å². The normalized spacial score (nSPS) is 20.9. The van der Waals surface area contributed by atoms with Crippen molar-refractivity contribution in [2.24, 2.45) is 0 Å². The molecule has 1 aliphatic heterocycles. The van der Waals surface area contributed by atoms with Crippen molar-refractivity contribution in [3.63, 3.8) is 0 Å². The lowest BCUT2D eigenvalue weighted by atomic mass is 10.2. The number of carboxylic acids is 1. The van der Waals surface area contributed by atoms with E-state index >= 15 is 0 Å². The van der Waals surface area contributed by atoms with Crippen molar-refractivity contribution in [3.8, 4) is 0 Å². The van der Waals surface area contributed by atoms with Gasteiger partial charge in [-0.2, -0.15) is 11.8 Å². The first-order chi connectivity index (χ1) is 8.78. The third kappa shape index (κ3) is 6.68. The van der Waals surface area contributed by atoms with Crippen molar-refractivity contribution < 1.29 is 24.2 Å². The lowest BCUT2D eigenvalue weighted by Gasteiger charge is -2.22. The first-order valence-electron chi connectivity index (χ1n) is 6.19. The minimum Gasteiger partial charge on any atom is -0.480 e. The van der Waals surface area contributed by atoms with Gasteiger partial charge >= 0.3 is 12.1 Å². The SMILES string of the molecule is CC(C)(C)OC(=O)NC(CSC1CCOC1)C(=O)O. The van der Waals surface area contributed by atoms with Crippen molar-refractivity contribution in [1.82, 2.24) is 5.32 Å². The Balaban J connectivity index is 2.39. The zero-order valence-corrected chi connectivity index (χ0v) is 12.3. The summed E-state index contributed by atoms with van der Waals surface area (Å²) >= 11 is 1.50. The molecule has 7 heteroatoms. The van der Waals surface area contributed by atoms with E-state index in [9.17, 15) is 9.59 Å². The van der Waals surface area contributed by atoms with Crippen molar-refractivity contribution in [2.75, 3.05) is 19.0 Å². The Morgan fingerprint density at radius 3 is 2.68 bits per heavy atom. The molecule has 1 saturated heterocycles. The topological polar surface area (TPSA) is 84.9 Å². The van der Waals surface area contributed by atoms with Crippen molar-refractivity contribution >= 4 is 23.8 Å². The van der Waals surface area contributed by atoms with E-state index in [1.165, 1.54) is 11.8 Å². The fraction of sp³-hybridized carbons (Fsp3) is 0.833. The van der Waals surface area contributed by atoms with Gasteiger partial charge in [-0.3, -0.25) is 0 Å². The second-order valence-electron chi connectivity index (χ2n) is 5.36. The van der Waals surface area contributed by atoms with E-state index in [0.29, 0.717) is 17.6 Å². The third-order valence-corrected chi connectivity index (χ3v) is 3.74. The molecule has 1 rings (SSSR count). The lowest BCUT2D eigenvalue weighted by Crippen LogP contribution is -2.45. The molecule has 1 aliphatic rings. The Hall–Kier alpha value is -0.950. The first kappa shape index (κ1) is 16.1. The van der Waals surface area contributed by atoms with Crippen LogP contribution in [0.1, 0.15) is 27.2 Å². The molecule has 0 aromatic carbocycles. The number of alkyl carbamates (subject to hydrolysis) is 1. The quantitative estimate of drug-likeness (QED) is 0.798. The summed E-state index contributed by atoms with van der Waals surface area (Å²) in [5.41, 5.74) is -0.639. The second kappa shape index (κ2) is 7.00. The molecule has 2 atom stereocenters. The number of hydrogen-bond acceptors (Lipinski definition) is 5.